The predicted octanol–water partition coefficient (Wildman–Crippen LogP) is 2.72. The van der Waals surface area contributed by atoms with Crippen molar-refractivity contribution in [3.05, 3.63) is 35.4 Å². The van der Waals surface area contributed by atoms with Gasteiger partial charge in [-0.2, -0.15) is 0 Å². The molecule has 0 bridgehead atoms. The molecule has 0 aliphatic carbocycles. The van der Waals surface area contributed by atoms with Crippen molar-refractivity contribution in [2.75, 3.05) is 13.2 Å². The van der Waals surface area contributed by atoms with Gasteiger partial charge in [0.1, 0.15) is 0 Å². The third-order valence-electron chi connectivity index (χ3n) is 2.22. The van der Waals surface area contributed by atoms with Crippen LogP contribution in [0.2, 0.25) is 0 Å². The summed E-state index contributed by atoms with van der Waals surface area (Å²) in [7, 11) is 0. The van der Waals surface area contributed by atoms with Gasteiger partial charge in [-0.25, -0.2) is 0 Å². The fourth-order valence-electron chi connectivity index (χ4n) is 1.36. The summed E-state index contributed by atoms with van der Waals surface area (Å²) in [5.74, 6) is 0. The maximum absolute atomic E-state index is 5.47. The van der Waals surface area contributed by atoms with Crippen LogP contribution >= 0.6 is 0 Å². The lowest BCUT2D eigenvalue weighted by atomic mass is 10.1. The average molecular weight is 207 g/mol. The van der Waals surface area contributed by atoms with Gasteiger partial charge in [-0.1, -0.05) is 38.1 Å². The van der Waals surface area contributed by atoms with Gasteiger partial charge >= 0.3 is 0 Å². The Hall–Kier alpha value is -0.860. The Bertz CT molecular complexity index is 256. The van der Waals surface area contributed by atoms with Crippen LogP contribution in [0.3, 0.4) is 0 Å². The summed E-state index contributed by atoms with van der Waals surface area (Å²) in [5, 5.41) is 3.31. The second-order valence-corrected chi connectivity index (χ2v) is 3.65. The molecule has 0 spiro atoms. The first kappa shape index (κ1) is 12.2. The molecule has 0 saturated carbocycles. The van der Waals surface area contributed by atoms with Gasteiger partial charge < -0.3 is 10.1 Å². The molecule has 0 unspecified atom stereocenters. The molecule has 0 fully saturated rings. The maximum atomic E-state index is 5.47. The van der Waals surface area contributed by atoms with Crippen molar-refractivity contribution in [2.24, 2.45) is 0 Å². The van der Waals surface area contributed by atoms with Crippen LogP contribution in [0.5, 0.6) is 0 Å². The summed E-state index contributed by atoms with van der Waals surface area (Å²) in [6.45, 7) is 7.79. The second kappa shape index (κ2) is 7.43. The Balaban J connectivity index is 2.35. The molecule has 2 heteroatoms. The summed E-state index contributed by atoms with van der Waals surface area (Å²) < 4.78 is 5.47. The largest absolute Gasteiger partial charge is 0.377 e. The highest BCUT2D eigenvalue weighted by atomic mass is 16.5. The van der Waals surface area contributed by atoms with Gasteiger partial charge in [0.2, 0.25) is 0 Å². The second-order valence-electron chi connectivity index (χ2n) is 3.65. The van der Waals surface area contributed by atoms with E-state index >= 15 is 0 Å². The number of hydrogen-bond acceptors (Lipinski definition) is 2. The van der Waals surface area contributed by atoms with Gasteiger partial charge in [0.05, 0.1) is 6.61 Å². The zero-order valence-electron chi connectivity index (χ0n) is 9.75. The van der Waals surface area contributed by atoms with Crippen LogP contribution in [-0.4, -0.2) is 13.2 Å². The van der Waals surface area contributed by atoms with E-state index in [9.17, 15) is 0 Å². The maximum Gasteiger partial charge on any atom is 0.0716 e. The van der Waals surface area contributed by atoms with E-state index in [1.165, 1.54) is 11.1 Å². The van der Waals surface area contributed by atoms with E-state index < -0.39 is 0 Å². The van der Waals surface area contributed by atoms with E-state index in [0.29, 0.717) is 0 Å². The molecule has 0 amide bonds. The van der Waals surface area contributed by atoms with Crippen molar-refractivity contribution >= 4 is 0 Å². The van der Waals surface area contributed by atoms with Gasteiger partial charge in [0.25, 0.3) is 0 Å². The topological polar surface area (TPSA) is 21.3 Å². The molecular formula is C13H21NO. The summed E-state index contributed by atoms with van der Waals surface area (Å²) in [6.07, 6.45) is 1.08. The van der Waals surface area contributed by atoms with Crippen LogP contribution < -0.4 is 5.32 Å². The Morgan fingerprint density at radius 2 is 1.73 bits per heavy atom. The van der Waals surface area contributed by atoms with E-state index in [1.54, 1.807) is 0 Å². The normalized spacial score (nSPS) is 10.5. The fraction of sp³-hybridized carbons (Fsp3) is 0.538. The van der Waals surface area contributed by atoms with E-state index in [0.717, 1.165) is 32.7 Å². The molecule has 15 heavy (non-hydrogen) atoms. The molecule has 1 N–H and O–H groups in total. The zero-order chi connectivity index (χ0) is 10.9. The lowest BCUT2D eigenvalue weighted by Crippen LogP contribution is -2.11. The smallest absolute Gasteiger partial charge is 0.0716 e. The van der Waals surface area contributed by atoms with Crippen LogP contribution in [0.4, 0.5) is 0 Å². The quantitative estimate of drug-likeness (QED) is 0.694. The average Bonchev–Trinajstić information content (AvgIpc) is 2.28. The molecule has 0 aliphatic rings. The first-order chi connectivity index (χ1) is 7.36. The Labute approximate surface area is 92.6 Å². The molecule has 0 radical (unpaired) electrons. The summed E-state index contributed by atoms with van der Waals surface area (Å²) in [6, 6.07) is 8.60. The summed E-state index contributed by atoms with van der Waals surface area (Å²) in [4.78, 5) is 0. The van der Waals surface area contributed by atoms with E-state index in [4.69, 9.17) is 4.74 Å². The van der Waals surface area contributed by atoms with Gasteiger partial charge in [-0.15, -0.1) is 0 Å². The Morgan fingerprint density at radius 1 is 1.07 bits per heavy atom. The third-order valence-corrected chi connectivity index (χ3v) is 2.22. The number of benzene rings is 1. The van der Waals surface area contributed by atoms with Crippen molar-refractivity contribution in [2.45, 2.75) is 33.4 Å². The minimum atomic E-state index is 0.731. The lowest BCUT2D eigenvalue weighted by molar-refractivity contribution is 0.121. The SMILES string of the molecule is CCCOCc1ccc(CNCC)cc1. The standard InChI is InChI=1S/C13H21NO/c1-3-9-15-11-13-7-5-12(6-8-13)10-14-4-2/h5-8,14H,3-4,9-11H2,1-2H3. The van der Waals surface area contributed by atoms with Crippen molar-refractivity contribution in [3.8, 4) is 0 Å². The molecule has 0 heterocycles. The molecule has 0 aromatic heterocycles. The highest BCUT2D eigenvalue weighted by molar-refractivity contribution is 5.21. The number of rotatable bonds is 7. The van der Waals surface area contributed by atoms with E-state index in [-0.39, 0.29) is 0 Å². The molecule has 84 valence electrons. The molecule has 1 aromatic rings. The lowest BCUT2D eigenvalue weighted by Gasteiger charge is -2.05. The Kier molecular flexibility index (Phi) is 6.05. The van der Waals surface area contributed by atoms with Gasteiger partial charge in [-0.3, -0.25) is 0 Å². The van der Waals surface area contributed by atoms with Crippen molar-refractivity contribution in [1.82, 2.24) is 5.32 Å². The van der Waals surface area contributed by atoms with Crippen molar-refractivity contribution < 1.29 is 4.74 Å². The molecule has 1 rings (SSSR count). The highest BCUT2D eigenvalue weighted by Crippen LogP contribution is 2.05. The molecule has 0 saturated heterocycles. The van der Waals surface area contributed by atoms with Gasteiger partial charge in [0, 0.05) is 13.2 Å². The predicted molar refractivity (Wildman–Crippen MR) is 63.8 cm³/mol. The van der Waals surface area contributed by atoms with Crippen LogP contribution in [0.25, 0.3) is 0 Å². The molecule has 0 atom stereocenters. The molecule has 0 aliphatic heterocycles. The fourth-order valence-corrected chi connectivity index (χ4v) is 1.36. The van der Waals surface area contributed by atoms with Crippen LogP contribution in [0, 0.1) is 0 Å². The molecular weight excluding hydrogens is 186 g/mol. The monoisotopic (exact) mass is 207 g/mol. The van der Waals surface area contributed by atoms with Crippen LogP contribution in [0.15, 0.2) is 24.3 Å². The first-order valence-corrected chi connectivity index (χ1v) is 5.73. The molecule has 2 nitrogen and oxygen atoms in total. The summed E-state index contributed by atoms with van der Waals surface area (Å²) >= 11 is 0. The molecule has 1 aromatic carbocycles. The third kappa shape index (κ3) is 4.96. The first-order valence-electron chi connectivity index (χ1n) is 5.73. The van der Waals surface area contributed by atoms with E-state index in [1.807, 2.05) is 0 Å². The minimum Gasteiger partial charge on any atom is -0.377 e. The van der Waals surface area contributed by atoms with Crippen LogP contribution in [0.1, 0.15) is 31.4 Å². The van der Waals surface area contributed by atoms with Gasteiger partial charge in [-0.05, 0) is 24.1 Å². The number of ether oxygens (including phenoxy) is 1. The minimum absolute atomic E-state index is 0.731. The number of nitrogens with one attached hydrogen (secondary N) is 1. The number of hydrogen-bond donors (Lipinski definition) is 1. The van der Waals surface area contributed by atoms with E-state index in [2.05, 4.69) is 43.4 Å². The highest BCUT2D eigenvalue weighted by Gasteiger charge is 1.94. The Morgan fingerprint density at radius 3 is 2.33 bits per heavy atom. The van der Waals surface area contributed by atoms with Crippen LogP contribution in [-0.2, 0) is 17.9 Å². The van der Waals surface area contributed by atoms with Gasteiger partial charge in [0.15, 0.2) is 0 Å². The van der Waals surface area contributed by atoms with Crippen molar-refractivity contribution in [1.29, 1.82) is 0 Å². The van der Waals surface area contributed by atoms with Crippen molar-refractivity contribution in [3.63, 3.8) is 0 Å². The zero-order valence-corrected chi connectivity index (χ0v) is 9.75. The summed E-state index contributed by atoms with van der Waals surface area (Å²) in [5.41, 5.74) is 2.58.